The van der Waals surface area contributed by atoms with Gasteiger partial charge in [0.15, 0.2) is 0 Å². The summed E-state index contributed by atoms with van der Waals surface area (Å²) in [7, 11) is 0. The molecule has 2 fully saturated rings. The van der Waals surface area contributed by atoms with Crippen molar-refractivity contribution in [2.24, 2.45) is 11.8 Å². The van der Waals surface area contributed by atoms with E-state index in [-0.39, 0.29) is 9.29 Å². The molecule has 0 aromatic rings. The molecule has 2 heterocycles. The highest BCUT2D eigenvalue weighted by Crippen LogP contribution is 2.24. The summed E-state index contributed by atoms with van der Waals surface area (Å²) in [5.41, 5.74) is 0. The van der Waals surface area contributed by atoms with Gasteiger partial charge in [0.05, 0.1) is 51.1 Å². The molecule has 2 aliphatic heterocycles. The molecule has 27 heavy (non-hydrogen) atoms. The van der Waals surface area contributed by atoms with Crippen LogP contribution in [0.4, 0.5) is 0 Å². The van der Waals surface area contributed by atoms with Crippen molar-refractivity contribution in [2.75, 3.05) is 50.8 Å². The van der Waals surface area contributed by atoms with Crippen LogP contribution < -0.4 is 0 Å². The minimum atomic E-state index is -0.929. The number of nitrogens with zero attached hydrogens (tertiary/aromatic N) is 2. The van der Waals surface area contributed by atoms with Crippen molar-refractivity contribution in [1.29, 1.82) is 0 Å². The first-order valence-electron chi connectivity index (χ1n) is 9.91. The zero-order chi connectivity index (χ0) is 19.9. The molecule has 0 aliphatic carbocycles. The molecule has 2 aliphatic rings. The molecule has 0 amide bonds. The fourth-order valence-corrected chi connectivity index (χ4v) is 5.29. The summed E-state index contributed by atoms with van der Waals surface area (Å²) in [5, 5.41) is 43.5. The smallest absolute Gasteiger partial charge is 0.307 e. The van der Waals surface area contributed by atoms with Gasteiger partial charge in [0.25, 0.3) is 0 Å². The van der Waals surface area contributed by atoms with Gasteiger partial charge in [-0.15, -0.1) is 0 Å². The lowest BCUT2D eigenvalue weighted by Crippen LogP contribution is -2.41. The molecule has 156 valence electrons. The molecule has 0 bridgehead atoms. The van der Waals surface area contributed by atoms with Gasteiger partial charge >= 0.3 is 11.9 Å². The molecule has 0 radical (unpaired) electrons. The van der Waals surface area contributed by atoms with E-state index in [9.17, 15) is 30.2 Å². The molecule has 2 N–H and O–H groups in total. The molecule has 2 atom stereocenters. The van der Waals surface area contributed by atoms with E-state index in [1.165, 1.54) is 11.8 Å². The lowest BCUT2D eigenvalue weighted by atomic mass is 10.1. The van der Waals surface area contributed by atoms with Crippen LogP contribution in [-0.4, -0.2) is 82.2 Å². The summed E-state index contributed by atoms with van der Waals surface area (Å²) in [6.45, 7) is 2.89. The third kappa shape index (κ3) is 7.23. The molecule has 9 heteroatoms. The number of carbonyl (C=O) groups is 2. The van der Waals surface area contributed by atoms with E-state index in [1.54, 1.807) is 0 Å². The summed E-state index contributed by atoms with van der Waals surface area (Å²) >= 11 is 1.31. The Hall–Kier alpha value is -0.870. The number of hydroxylamine groups is 6. The number of rotatable bonds is 12. The largest absolute Gasteiger partial charge is 0.633 e. The summed E-state index contributed by atoms with van der Waals surface area (Å²) < 4.78 is -0.592. The van der Waals surface area contributed by atoms with Crippen LogP contribution in [0, 0.1) is 22.3 Å². The first-order chi connectivity index (χ1) is 12.7. The van der Waals surface area contributed by atoms with E-state index < -0.39 is 23.8 Å². The summed E-state index contributed by atoms with van der Waals surface area (Å²) in [4.78, 5) is 23.0. The number of carboxylic acids is 2. The molecule has 0 saturated carbocycles. The van der Waals surface area contributed by atoms with E-state index in [1.807, 2.05) is 0 Å². The molecule has 8 nitrogen and oxygen atoms in total. The molecule has 0 aromatic carbocycles. The molecular formula is C18H32N2O6S. The number of carboxylic acid groups (broad SMARTS) is 2. The van der Waals surface area contributed by atoms with Crippen molar-refractivity contribution in [2.45, 2.75) is 38.5 Å². The number of likely N-dealkylation sites (tertiary alicyclic amines) is 2. The fourth-order valence-electron chi connectivity index (χ4n) is 3.96. The van der Waals surface area contributed by atoms with E-state index >= 15 is 0 Å². The van der Waals surface area contributed by atoms with Gasteiger partial charge in [-0.1, -0.05) is 0 Å². The maximum atomic E-state index is 12.4. The van der Waals surface area contributed by atoms with Crippen LogP contribution in [0.25, 0.3) is 0 Å². The van der Waals surface area contributed by atoms with E-state index in [2.05, 4.69) is 0 Å². The topological polar surface area (TPSA) is 121 Å². The standard InChI is InChI=1S/C18H32N2O6S/c21-17(22)15(5-11-19(25)7-1-2-8-19)13-27-14-16(18(23)24)6-12-20(26)9-3-4-10-20/h15-16H,1-14H2,(H,21,22)(H,23,24). The van der Waals surface area contributed by atoms with Gasteiger partial charge in [-0.2, -0.15) is 11.8 Å². The number of quaternary nitrogens is 2. The SMILES string of the molecule is O=C(O)C(CC[N+]1([O-])CCCC1)CSCC(CC[N+]1([O-])CCCC1)C(=O)O. The van der Waals surface area contributed by atoms with Gasteiger partial charge < -0.3 is 29.9 Å². The van der Waals surface area contributed by atoms with Gasteiger partial charge in [0.2, 0.25) is 0 Å². The van der Waals surface area contributed by atoms with Crippen LogP contribution >= 0.6 is 11.8 Å². The Labute approximate surface area is 164 Å². The Kier molecular flexibility index (Phi) is 8.36. The van der Waals surface area contributed by atoms with Crippen LogP contribution in [0.3, 0.4) is 0 Å². The predicted molar refractivity (Wildman–Crippen MR) is 104 cm³/mol. The highest BCUT2D eigenvalue weighted by atomic mass is 32.2. The van der Waals surface area contributed by atoms with E-state index in [0.717, 1.165) is 25.7 Å². The highest BCUT2D eigenvalue weighted by molar-refractivity contribution is 7.99. The predicted octanol–water partition coefficient (Wildman–Crippen LogP) is 2.12. The second-order valence-electron chi connectivity index (χ2n) is 8.06. The zero-order valence-electron chi connectivity index (χ0n) is 15.9. The third-order valence-corrected chi connectivity index (χ3v) is 7.15. The first kappa shape index (κ1) is 22.4. The number of aliphatic carboxylic acids is 2. The van der Waals surface area contributed by atoms with Gasteiger partial charge in [-0.3, -0.25) is 9.59 Å². The third-order valence-electron chi connectivity index (χ3n) is 5.87. The Balaban J connectivity index is 1.75. The lowest BCUT2D eigenvalue weighted by molar-refractivity contribution is -0.868. The first-order valence-corrected chi connectivity index (χ1v) is 11.1. The minimum absolute atomic E-state index is 0.296. The van der Waals surface area contributed by atoms with Gasteiger partial charge in [-0.05, 0) is 0 Å². The van der Waals surface area contributed by atoms with Crippen molar-refractivity contribution in [3.05, 3.63) is 10.4 Å². The minimum Gasteiger partial charge on any atom is -0.633 e. The maximum Gasteiger partial charge on any atom is 0.307 e. The van der Waals surface area contributed by atoms with E-state index in [0.29, 0.717) is 63.6 Å². The monoisotopic (exact) mass is 404 g/mol. The lowest BCUT2D eigenvalue weighted by Gasteiger charge is -2.39. The second kappa shape index (κ2) is 10.1. The van der Waals surface area contributed by atoms with Crippen LogP contribution in [0.1, 0.15) is 38.5 Å². The normalized spacial score (nSPS) is 23.2. The average Bonchev–Trinajstić information content (AvgIpc) is 3.22. The van der Waals surface area contributed by atoms with Crippen molar-refractivity contribution in [3.63, 3.8) is 0 Å². The summed E-state index contributed by atoms with van der Waals surface area (Å²) in [6.07, 6.45) is 4.24. The summed E-state index contributed by atoms with van der Waals surface area (Å²) in [5.74, 6) is -2.52. The van der Waals surface area contributed by atoms with Crippen LogP contribution in [0.5, 0.6) is 0 Å². The van der Waals surface area contributed by atoms with Crippen LogP contribution in [-0.2, 0) is 9.59 Å². The zero-order valence-corrected chi connectivity index (χ0v) is 16.7. The molecular weight excluding hydrogens is 372 g/mol. The summed E-state index contributed by atoms with van der Waals surface area (Å²) in [6, 6.07) is 0. The Morgan fingerprint density at radius 2 is 1.11 bits per heavy atom. The Morgan fingerprint density at radius 1 is 0.778 bits per heavy atom. The Bertz CT molecular complexity index is 462. The molecule has 0 spiro atoms. The van der Waals surface area contributed by atoms with Gasteiger partial charge in [0, 0.05) is 50.0 Å². The molecule has 2 unspecified atom stereocenters. The van der Waals surface area contributed by atoms with Crippen LogP contribution in [0.15, 0.2) is 0 Å². The van der Waals surface area contributed by atoms with Gasteiger partial charge in [-0.25, -0.2) is 0 Å². The highest BCUT2D eigenvalue weighted by Gasteiger charge is 2.29. The average molecular weight is 405 g/mol. The quantitative estimate of drug-likeness (QED) is 0.377. The molecule has 0 aromatic heterocycles. The van der Waals surface area contributed by atoms with Crippen molar-refractivity contribution >= 4 is 23.7 Å². The van der Waals surface area contributed by atoms with Crippen LogP contribution in [0.2, 0.25) is 0 Å². The number of hydrogen-bond donors (Lipinski definition) is 2. The van der Waals surface area contributed by atoms with Gasteiger partial charge in [0.1, 0.15) is 0 Å². The molecule has 2 saturated heterocycles. The Morgan fingerprint density at radius 3 is 1.41 bits per heavy atom. The van der Waals surface area contributed by atoms with Crippen molar-refractivity contribution in [3.8, 4) is 0 Å². The second-order valence-corrected chi connectivity index (χ2v) is 9.13. The number of hydrogen-bond acceptors (Lipinski definition) is 5. The maximum absolute atomic E-state index is 12.4. The van der Waals surface area contributed by atoms with Crippen molar-refractivity contribution < 1.29 is 29.1 Å². The number of thioether (sulfide) groups is 1. The van der Waals surface area contributed by atoms with Crippen molar-refractivity contribution in [1.82, 2.24) is 0 Å². The molecule has 2 rings (SSSR count). The fraction of sp³-hybridized carbons (Fsp3) is 0.889. The van der Waals surface area contributed by atoms with E-state index in [4.69, 9.17) is 0 Å².